The predicted molar refractivity (Wildman–Crippen MR) is 74.8 cm³/mol. The number of hydrogen-bond acceptors (Lipinski definition) is 2. The van der Waals surface area contributed by atoms with Gasteiger partial charge in [-0.1, -0.05) is 41.9 Å². The fourth-order valence-corrected chi connectivity index (χ4v) is 3.20. The molecule has 0 N–H and O–H groups in total. The second-order valence-electron chi connectivity index (χ2n) is 3.92. The van der Waals surface area contributed by atoms with E-state index < -0.39 is 0 Å². The molecule has 3 aromatic rings. The van der Waals surface area contributed by atoms with E-state index >= 15 is 0 Å². The van der Waals surface area contributed by atoms with Gasteiger partial charge in [0.25, 0.3) is 0 Å². The molecule has 0 aliphatic carbocycles. The van der Waals surface area contributed by atoms with Crippen LogP contribution in [0.5, 0.6) is 0 Å². The van der Waals surface area contributed by atoms with Crippen molar-refractivity contribution < 1.29 is 0 Å². The van der Waals surface area contributed by atoms with Crippen LogP contribution in [0, 0.1) is 6.92 Å². The van der Waals surface area contributed by atoms with E-state index in [-0.39, 0.29) is 0 Å². The Morgan fingerprint density at radius 1 is 1.06 bits per heavy atom. The summed E-state index contributed by atoms with van der Waals surface area (Å²) in [6.45, 7) is 2.08. The number of benzene rings is 2. The van der Waals surface area contributed by atoms with Crippen molar-refractivity contribution in [2.45, 2.75) is 6.92 Å². The van der Waals surface area contributed by atoms with Gasteiger partial charge < -0.3 is 0 Å². The Hall–Kier alpha value is -1.38. The molecular weight excluding hydrogens is 250 g/mol. The number of aromatic nitrogens is 1. The molecule has 1 nitrogen and oxygen atoms in total. The van der Waals surface area contributed by atoms with Crippen molar-refractivity contribution in [3.63, 3.8) is 0 Å². The maximum absolute atomic E-state index is 6.19. The number of aryl methyl sites for hydroxylation is 1. The normalized spacial score (nSPS) is 10.9. The molecule has 0 saturated carbocycles. The first-order valence-corrected chi connectivity index (χ1v) is 6.56. The van der Waals surface area contributed by atoms with Crippen LogP contribution in [-0.4, -0.2) is 4.98 Å². The molecule has 3 heteroatoms. The van der Waals surface area contributed by atoms with Crippen LogP contribution in [0.2, 0.25) is 5.02 Å². The van der Waals surface area contributed by atoms with Crippen molar-refractivity contribution in [1.29, 1.82) is 0 Å². The van der Waals surface area contributed by atoms with Crippen molar-refractivity contribution in [2.75, 3.05) is 0 Å². The molecule has 2 aromatic carbocycles. The minimum atomic E-state index is 0.754. The quantitative estimate of drug-likeness (QED) is 0.604. The topological polar surface area (TPSA) is 12.9 Å². The summed E-state index contributed by atoms with van der Waals surface area (Å²) >= 11 is 7.88. The second kappa shape index (κ2) is 4.13. The Labute approximate surface area is 109 Å². The summed E-state index contributed by atoms with van der Waals surface area (Å²) in [5.41, 5.74) is 3.29. The van der Waals surface area contributed by atoms with Gasteiger partial charge in [-0.25, -0.2) is 4.98 Å². The summed E-state index contributed by atoms with van der Waals surface area (Å²) in [6.07, 6.45) is 0. The van der Waals surface area contributed by atoms with Crippen LogP contribution in [0.4, 0.5) is 0 Å². The third kappa shape index (κ3) is 1.84. The summed E-state index contributed by atoms with van der Waals surface area (Å²) in [5.74, 6) is 0. The minimum Gasteiger partial charge on any atom is -0.236 e. The molecular formula is C14H10ClNS. The first kappa shape index (κ1) is 10.8. The van der Waals surface area contributed by atoms with Crippen molar-refractivity contribution in [3.05, 3.63) is 53.1 Å². The van der Waals surface area contributed by atoms with Gasteiger partial charge >= 0.3 is 0 Å². The lowest BCUT2D eigenvalue weighted by Crippen LogP contribution is -1.78. The first-order chi connectivity index (χ1) is 8.25. The monoisotopic (exact) mass is 259 g/mol. The fraction of sp³-hybridized carbons (Fsp3) is 0.0714. The maximum Gasteiger partial charge on any atom is 0.126 e. The van der Waals surface area contributed by atoms with Crippen LogP contribution in [0.3, 0.4) is 0 Å². The Kier molecular flexibility index (Phi) is 2.61. The molecule has 0 bridgehead atoms. The number of rotatable bonds is 1. The third-order valence-corrected chi connectivity index (χ3v) is 4.11. The van der Waals surface area contributed by atoms with Crippen molar-refractivity contribution >= 4 is 33.2 Å². The van der Waals surface area contributed by atoms with Crippen molar-refractivity contribution in [2.24, 2.45) is 0 Å². The number of thiazole rings is 1. The Bertz CT molecular complexity index is 688. The zero-order valence-electron chi connectivity index (χ0n) is 9.27. The van der Waals surface area contributed by atoms with E-state index in [0.29, 0.717) is 0 Å². The molecule has 3 rings (SSSR count). The van der Waals surface area contributed by atoms with E-state index in [9.17, 15) is 0 Å². The van der Waals surface area contributed by atoms with Gasteiger partial charge in [-0.05, 0) is 24.6 Å². The highest BCUT2D eigenvalue weighted by Crippen LogP contribution is 2.34. The molecule has 0 fully saturated rings. The van der Waals surface area contributed by atoms with Gasteiger partial charge in [-0.2, -0.15) is 0 Å². The number of para-hydroxylation sites is 1. The van der Waals surface area contributed by atoms with Gasteiger partial charge in [0.05, 0.1) is 15.2 Å². The van der Waals surface area contributed by atoms with Crippen molar-refractivity contribution in [3.8, 4) is 10.6 Å². The van der Waals surface area contributed by atoms with E-state index in [1.807, 2.05) is 24.3 Å². The number of halogens is 1. The third-order valence-electron chi connectivity index (χ3n) is 2.72. The van der Waals surface area contributed by atoms with E-state index in [2.05, 4.69) is 30.1 Å². The molecule has 0 atom stereocenters. The lowest BCUT2D eigenvalue weighted by atomic mass is 10.2. The molecule has 0 aliphatic rings. The fourth-order valence-electron chi connectivity index (χ4n) is 1.84. The Morgan fingerprint density at radius 2 is 1.88 bits per heavy atom. The van der Waals surface area contributed by atoms with Gasteiger partial charge in [-0.15, -0.1) is 11.3 Å². The summed E-state index contributed by atoms with van der Waals surface area (Å²) in [5, 5.41) is 1.74. The van der Waals surface area contributed by atoms with E-state index in [1.165, 1.54) is 10.3 Å². The minimum absolute atomic E-state index is 0.754. The Balaban J connectivity index is 2.26. The lowest BCUT2D eigenvalue weighted by Gasteiger charge is -1.97. The highest BCUT2D eigenvalue weighted by Gasteiger charge is 2.09. The van der Waals surface area contributed by atoms with E-state index in [1.54, 1.807) is 11.3 Å². The maximum atomic E-state index is 6.19. The largest absolute Gasteiger partial charge is 0.236 e. The zero-order valence-corrected chi connectivity index (χ0v) is 10.8. The molecule has 0 aliphatic heterocycles. The number of fused-ring (bicyclic) bond motifs is 1. The van der Waals surface area contributed by atoms with Gasteiger partial charge in [0.2, 0.25) is 0 Å². The molecule has 84 valence electrons. The second-order valence-corrected chi connectivity index (χ2v) is 5.36. The molecule has 0 radical (unpaired) electrons. The zero-order chi connectivity index (χ0) is 11.8. The highest BCUT2D eigenvalue weighted by molar-refractivity contribution is 7.21. The van der Waals surface area contributed by atoms with Crippen LogP contribution in [0.1, 0.15) is 5.56 Å². The molecule has 17 heavy (non-hydrogen) atoms. The molecule has 0 unspecified atom stereocenters. The Morgan fingerprint density at radius 3 is 2.65 bits per heavy atom. The SMILES string of the molecule is Cc1cccc2sc(-c3ccccc3Cl)nc12. The summed E-state index contributed by atoms with van der Waals surface area (Å²) in [6, 6.07) is 14.1. The summed E-state index contributed by atoms with van der Waals surface area (Å²) < 4.78 is 1.21. The van der Waals surface area contributed by atoms with Gasteiger partial charge in [0.15, 0.2) is 0 Å². The van der Waals surface area contributed by atoms with Crippen LogP contribution in [-0.2, 0) is 0 Å². The smallest absolute Gasteiger partial charge is 0.126 e. The molecule has 1 heterocycles. The van der Waals surface area contributed by atoms with Crippen LogP contribution in [0.15, 0.2) is 42.5 Å². The van der Waals surface area contributed by atoms with Crippen LogP contribution >= 0.6 is 22.9 Å². The van der Waals surface area contributed by atoms with Gasteiger partial charge in [0.1, 0.15) is 5.01 Å². The van der Waals surface area contributed by atoms with Crippen LogP contribution < -0.4 is 0 Å². The number of hydrogen-bond donors (Lipinski definition) is 0. The van der Waals surface area contributed by atoms with E-state index in [4.69, 9.17) is 11.6 Å². The summed E-state index contributed by atoms with van der Waals surface area (Å²) in [4.78, 5) is 4.68. The standard InChI is InChI=1S/C14H10ClNS/c1-9-5-4-8-12-13(9)16-14(17-12)10-6-2-3-7-11(10)15/h2-8H,1H3. The average molecular weight is 260 g/mol. The van der Waals surface area contributed by atoms with E-state index in [0.717, 1.165) is 21.1 Å². The predicted octanol–water partition coefficient (Wildman–Crippen LogP) is 4.93. The summed E-state index contributed by atoms with van der Waals surface area (Å²) in [7, 11) is 0. The molecule has 0 saturated heterocycles. The molecule has 0 spiro atoms. The lowest BCUT2D eigenvalue weighted by molar-refractivity contribution is 1.42. The van der Waals surface area contributed by atoms with Gasteiger partial charge in [0, 0.05) is 5.56 Å². The van der Waals surface area contributed by atoms with Gasteiger partial charge in [-0.3, -0.25) is 0 Å². The van der Waals surface area contributed by atoms with Crippen LogP contribution in [0.25, 0.3) is 20.8 Å². The first-order valence-electron chi connectivity index (χ1n) is 5.37. The molecule has 0 amide bonds. The highest BCUT2D eigenvalue weighted by atomic mass is 35.5. The average Bonchev–Trinajstić information content (AvgIpc) is 2.75. The number of nitrogens with zero attached hydrogens (tertiary/aromatic N) is 1. The molecule has 1 aromatic heterocycles. The van der Waals surface area contributed by atoms with Crippen molar-refractivity contribution in [1.82, 2.24) is 4.98 Å².